The molecule has 0 atom stereocenters. The van der Waals surface area contributed by atoms with Gasteiger partial charge in [-0.1, -0.05) is 0 Å². The van der Waals surface area contributed by atoms with Crippen LogP contribution >= 0.6 is 0 Å². The molecule has 3 heteroatoms. The van der Waals surface area contributed by atoms with Crippen LogP contribution in [0.2, 0.25) is 0 Å². The first-order valence-corrected chi connectivity index (χ1v) is 4.95. The molecule has 1 saturated carbocycles. The van der Waals surface area contributed by atoms with E-state index in [0.29, 0.717) is 6.04 Å². The average molecular weight is 170 g/mol. The van der Waals surface area contributed by atoms with Gasteiger partial charge in [-0.2, -0.15) is 0 Å². The van der Waals surface area contributed by atoms with E-state index in [1.54, 1.807) is 0 Å². The van der Waals surface area contributed by atoms with Crippen molar-refractivity contribution in [1.29, 1.82) is 0 Å². The van der Waals surface area contributed by atoms with Crippen molar-refractivity contribution >= 4 is 0 Å². The maximum Gasteiger partial charge on any atom is 0.0481 e. The second-order valence-electron chi connectivity index (χ2n) is 3.98. The van der Waals surface area contributed by atoms with Crippen molar-refractivity contribution in [3.05, 3.63) is 0 Å². The Balaban J connectivity index is 1.72. The van der Waals surface area contributed by atoms with Crippen LogP contribution in [0.15, 0.2) is 0 Å². The first-order valence-electron chi connectivity index (χ1n) is 4.95. The zero-order chi connectivity index (χ0) is 8.39. The summed E-state index contributed by atoms with van der Waals surface area (Å²) in [6, 6.07) is 0.583. The number of nitrogens with two attached hydrogens (primary N) is 1. The first kappa shape index (κ1) is 8.48. The molecule has 2 aliphatic rings. The number of hydrazine groups is 1. The Labute approximate surface area is 73.8 Å². The monoisotopic (exact) mass is 170 g/mol. The third kappa shape index (κ3) is 2.19. The van der Waals surface area contributed by atoms with E-state index in [0.717, 1.165) is 38.5 Å². The molecule has 0 unspecified atom stereocenters. The van der Waals surface area contributed by atoms with E-state index in [2.05, 4.69) is 0 Å². The van der Waals surface area contributed by atoms with Crippen LogP contribution in [0.25, 0.3) is 0 Å². The fraction of sp³-hybridized carbons (Fsp3) is 1.00. The maximum atomic E-state index is 5.97. The lowest BCUT2D eigenvalue weighted by Gasteiger charge is -2.30. The lowest BCUT2D eigenvalue weighted by atomic mass is 10.1. The normalized spacial score (nSPS) is 26.5. The van der Waals surface area contributed by atoms with Gasteiger partial charge in [0.05, 0.1) is 0 Å². The van der Waals surface area contributed by atoms with E-state index >= 15 is 0 Å². The zero-order valence-corrected chi connectivity index (χ0v) is 7.54. The summed E-state index contributed by atoms with van der Waals surface area (Å²) in [6.45, 7) is 2.89. The number of hydrogen-bond donors (Lipinski definition) is 1. The topological polar surface area (TPSA) is 38.5 Å². The van der Waals surface area contributed by atoms with E-state index in [-0.39, 0.29) is 0 Å². The fourth-order valence-electron chi connectivity index (χ4n) is 1.76. The number of hydrogen-bond acceptors (Lipinski definition) is 3. The minimum absolute atomic E-state index is 0.583. The summed E-state index contributed by atoms with van der Waals surface area (Å²) in [4.78, 5) is 0. The van der Waals surface area contributed by atoms with Crippen molar-refractivity contribution in [2.75, 3.05) is 19.8 Å². The zero-order valence-electron chi connectivity index (χ0n) is 7.54. The van der Waals surface area contributed by atoms with E-state index in [4.69, 9.17) is 10.6 Å². The van der Waals surface area contributed by atoms with Gasteiger partial charge in [-0.25, -0.2) is 5.01 Å². The second-order valence-corrected chi connectivity index (χ2v) is 3.98. The van der Waals surface area contributed by atoms with Gasteiger partial charge in [0.1, 0.15) is 0 Å². The van der Waals surface area contributed by atoms with Crippen LogP contribution in [0.5, 0.6) is 0 Å². The number of ether oxygens (including phenoxy) is 1. The Morgan fingerprint density at radius 3 is 2.42 bits per heavy atom. The molecular formula is C9H18N2O. The molecule has 0 aromatic rings. The van der Waals surface area contributed by atoms with Crippen LogP contribution in [-0.4, -0.2) is 30.8 Å². The Morgan fingerprint density at radius 1 is 1.17 bits per heavy atom. The highest BCUT2D eigenvalue weighted by molar-refractivity contribution is 4.79. The molecule has 1 saturated heterocycles. The Kier molecular flexibility index (Phi) is 2.63. The third-order valence-electron chi connectivity index (χ3n) is 2.83. The van der Waals surface area contributed by atoms with Crippen LogP contribution in [0.1, 0.15) is 25.7 Å². The molecule has 1 aliphatic carbocycles. The van der Waals surface area contributed by atoms with Gasteiger partial charge >= 0.3 is 0 Å². The molecule has 0 aromatic heterocycles. The highest BCUT2D eigenvalue weighted by atomic mass is 16.5. The highest BCUT2D eigenvalue weighted by Gasteiger charge is 2.27. The molecule has 1 heterocycles. The van der Waals surface area contributed by atoms with Crippen molar-refractivity contribution in [3.63, 3.8) is 0 Å². The Morgan fingerprint density at radius 2 is 1.83 bits per heavy atom. The van der Waals surface area contributed by atoms with E-state index in [1.165, 1.54) is 12.8 Å². The molecule has 3 nitrogen and oxygen atoms in total. The molecule has 0 radical (unpaired) electrons. The Hall–Kier alpha value is -0.120. The van der Waals surface area contributed by atoms with Crippen molar-refractivity contribution in [1.82, 2.24) is 5.01 Å². The van der Waals surface area contributed by atoms with Crippen LogP contribution in [-0.2, 0) is 4.74 Å². The SMILES string of the molecule is NN(CC1CC1)C1CCOCC1. The molecule has 2 fully saturated rings. The van der Waals surface area contributed by atoms with Crippen molar-refractivity contribution in [2.24, 2.45) is 11.8 Å². The third-order valence-corrected chi connectivity index (χ3v) is 2.83. The molecule has 0 aromatic carbocycles. The van der Waals surface area contributed by atoms with Crippen LogP contribution in [0, 0.1) is 5.92 Å². The molecule has 1 aliphatic heterocycles. The minimum Gasteiger partial charge on any atom is -0.381 e. The van der Waals surface area contributed by atoms with Gasteiger partial charge in [0.15, 0.2) is 0 Å². The summed E-state index contributed by atoms with van der Waals surface area (Å²) >= 11 is 0. The summed E-state index contributed by atoms with van der Waals surface area (Å²) in [5.74, 6) is 6.87. The van der Waals surface area contributed by atoms with E-state index in [9.17, 15) is 0 Å². The van der Waals surface area contributed by atoms with Crippen molar-refractivity contribution < 1.29 is 4.74 Å². The van der Waals surface area contributed by atoms with Crippen molar-refractivity contribution in [2.45, 2.75) is 31.7 Å². The smallest absolute Gasteiger partial charge is 0.0481 e. The highest BCUT2D eigenvalue weighted by Crippen LogP contribution is 2.30. The molecular weight excluding hydrogens is 152 g/mol. The Bertz CT molecular complexity index is 141. The van der Waals surface area contributed by atoms with Gasteiger partial charge in [-0.3, -0.25) is 5.84 Å². The summed E-state index contributed by atoms with van der Waals surface area (Å²) < 4.78 is 5.29. The van der Waals surface area contributed by atoms with Crippen LogP contribution < -0.4 is 5.84 Å². The molecule has 70 valence electrons. The molecule has 12 heavy (non-hydrogen) atoms. The van der Waals surface area contributed by atoms with Gasteiger partial charge < -0.3 is 4.74 Å². The van der Waals surface area contributed by atoms with Crippen LogP contribution in [0.4, 0.5) is 0 Å². The summed E-state index contributed by atoms with van der Waals surface area (Å²) in [5.41, 5.74) is 0. The quantitative estimate of drug-likeness (QED) is 0.502. The predicted molar refractivity (Wildman–Crippen MR) is 47.5 cm³/mol. The molecule has 0 amide bonds. The van der Waals surface area contributed by atoms with E-state index < -0.39 is 0 Å². The van der Waals surface area contributed by atoms with Gasteiger partial charge in [0, 0.05) is 25.8 Å². The molecule has 0 bridgehead atoms. The lowest BCUT2D eigenvalue weighted by Crippen LogP contribution is -2.45. The van der Waals surface area contributed by atoms with Crippen molar-refractivity contribution in [3.8, 4) is 0 Å². The predicted octanol–water partition coefficient (Wildman–Crippen LogP) is 0.751. The van der Waals surface area contributed by atoms with E-state index in [1.807, 2.05) is 5.01 Å². The summed E-state index contributed by atoms with van der Waals surface area (Å²) in [7, 11) is 0. The average Bonchev–Trinajstić information content (AvgIpc) is 2.90. The first-order chi connectivity index (χ1) is 5.86. The maximum absolute atomic E-state index is 5.97. The standard InChI is InChI=1S/C9H18N2O/c10-11(7-8-1-2-8)9-3-5-12-6-4-9/h8-9H,1-7,10H2. The molecule has 2 N–H and O–H groups in total. The lowest BCUT2D eigenvalue weighted by molar-refractivity contribution is 0.0320. The van der Waals surface area contributed by atoms with Gasteiger partial charge in [-0.15, -0.1) is 0 Å². The molecule has 0 spiro atoms. The fourth-order valence-corrected chi connectivity index (χ4v) is 1.76. The van der Waals surface area contributed by atoms with Crippen LogP contribution in [0.3, 0.4) is 0 Å². The minimum atomic E-state index is 0.583. The summed E-state index contributed by atoms with van der Waals surface area (Å²) in [6.07, 6.45) is 5.00. The number of rotatable bonds is 3. The largest absolute Gasteiger partial charge is 0.381 e. The molecule has 2 rings (SSSR count). The number of nitrogens with zero attached hydrogens (tertiary/aromatic N) is 1. The van der Waals surface area contributed by atoms with Gasteiger partial charge in [0.25, 0.3) is 0 Å². The van der Waals surface area contributed by atoms with Gasteiger partial charge in [0.2, 0.25) is 0 Å². The summed E-state index contributed by atoms with van der Waals surface area (Å²) in [5, 5.41) is 2.04. The van der Waals surface area contributed by atoms with Gasteiger partial charge in [-0.05, 0) is 31.6 Å². The second kappa shape index (κ2) is 3.73.